The van der Waals surface area contributed by atoms with Gasteiger partial charge in [0.2, 0.25) is 17.7 Å². The maximum absolute atomic E-state index is 14.2. The molecule has 3 aliphatic heterocycles. The van der Waals surface area contributed by atoms with E-state index < -0.39 is 33.4 Å². The summed E-state index contributed by atoms with van der Waals surface area (Å²) in [6.07, 6.45) is 4.11. The Bertz CT molecular complexity index is 975. The molecule has 1 aromatic carbocycles. The molecule has 198 valence electrons. The smallest absolute Gasteiger partial charge is 0.244 e. The van der Waals surface area contributed by atoms with Crippen LogP contribution in [0.4, 0.5) is 0 Å². The standard InChI is InChI=1S/C28H41N3O4S/c1-5-7-15-29-25(34)23-28-14-13-27(4,36-28)21(24(33)30-16-19-11-9-8-10-12-19)22(28)26(35)31(23)20(17-32)18(3)6-2/h8-12,18,20-23,32H,5-7,13-17H2,1-4H3,(H,29,34)(H,30,33)/t18-,20-,21-,22-,23?,27+,28?/m0/s1. The second-order valence-corrected chi connectivity index (χ2v) is 12.9. The number of unbranched alkanes of at least 4 members (excludes halogenated alkanes) is 1. The number of amides is 3. The van der Waals surface area contributed by atoms with Crippen LogP contribution in [0.15, 0.2) is 30.3 Å². The van der Waals surface area contributed by atoms with E-state index in [4.69, 9.17) is 0 Å². The number of hydrogen-bond acceptors (Lipinski definition) is 5. The van der Waals surface area contributed by atoms with Crippen LogP contribution in [-0.2, 0) is 20.9 Å². The minimum absolute atomic E-state index is 0.0308. The molecule has 0 aliphatic carbocycles. The molecular formula is C28H41N3O4S. The Morgan fingerprint density at radius 3 is 2.53 bits per heavy atom. The molecule has 36 heavy (non-hydrogen) atoms. The third kappa shape index (κ3) is 4.44. The number of thioether (sulfide) groups is 1. The number of aliphatic hydroxyl groups excluding tert-OH is 1. The van der Waals surface area contributed by atoms with Crippen molar-refractivity contribution in [2.75, 3.05) is 13.2 Å². The molecule has 1 spiro atoms. The van der Waals surface area contributed by atoms with Gasteiger partial charge in [0.05, 0.1) is 29.2 Å². The molecule has 2 unspecified atom stereocenters. The summed E-state index contributed by atoms with van der Waals surface area (Å²) in [5, 5.41) is 16.5. The first-order valence-corrected chi connectivity index (χ1v) is 14.3. The van der Waals surface area contributed by atoms with Gasteiger partial charge in [0, 0.05) is 17.8 Å². The Balaban J connectivity index is 1.68. The number of nitrogens with one attached hydrogen (secondary N) is 2. The van der Waals surface area contributed by atoms with Gasteiger partial charge in [0.1, 0.15) is 6.04 Å². The van der Waals surface area contributed by atoms with Gasteiger partial charge in [-0.15, -0.1) is 11.8 Å². The maximum atomic E-state index is 14.2. The average molecular weight is 516 g/mol. The molecule has 3 N–H and O–H groups in total. The lowest BCUT2D eigenvalue weighted by Gasteiger charge is -2.39. The molecule has 3 aliphatic rings. The van der Waals surface area contributed by atoms with Crippen LogP contribution in [-0.4, -0.2) is 62.5 Å². The number of hydrogen-bond donors (Lipinski definition) is 3. The number of benzene rings is 1. The summed E-state index contributed by atoms with van der Waals surface area (Å²) in [6.45, 7) is 8.97. The molecule has 7 atom stereocenters. The van der Waals surface area contributed by atoms with Gasteiger partial charge in [0.25, 0.3) is 0 Å². The first-order chi connectivity index (χ1) is 17.2. The third-order valence-corrected chi connectivity index (χ3v) is 10.7. The Kier molecular flexibility index (Phi) is 8.05. The van der Waals surface area contributed by atoms with Gasteiger partial charge >= 0.3 is 0 Å². The van der Waals surface area contributed by atoms with Crippen molar-refractivity contribution in [3.8, 4) is 0 Å². The molecule has 0 radical (unpaired) electrons. The highest BCUT2D eigenvalue weighted by Gasteiger charge is 2.77. The summed E-state index contributed by atoms with van der Waals surface area (Å²) in [6, 6.07) is 8.62. The Hall–Kier alpha value is -2.06. The van der Waals surface area contributed by atoms with Gasteiger partial charge in [0.15, 0.2) is 0 Å². The molecule has 2 bridgehead atoms. The molecule has 1 aromatic rings. The predicted molar refractivity (Wildman–Crippen MR) is 142 cm³/mol. The Labute approximate surface area is 219 Å². The molecule has 0 saturated carbocycles. The topological polar surface area (TPSA) is 98.7 Å². The summed E-state index contributed by atoms with van der Waals surface area (Å²) in [4.78, 5) is 43.3. The summed E-state index contributed by atoms with van der Waals surface area (Å²) >= 11 is 1.67. The lowest BCUT2D eigenvalue weighted by Crippen LogP contribution is -2.57. The largest absolute Gasteiger partial charge is 0.394 e. The van der Waals surface area contributed by atoms with Gasteiger partial charge in [-0.25, -0.2) is 0 Å². The molecule has 0 aromatic heterocycles. The van der Waals surface area contributed by atoms with Crippen molar-refractivity contribution >= 4 is 29.5 Å². The van der Waals surface area contributed by atoms with Crippen molar-refractivity contribution in [2.45, 2.75) is 87.9 Å². The van der Waals surface area contributed by atoms with E-state index in [0.717, 1.165) is 31.2 Å². The molecule has 3 amide bonds. The van der Waals surface area contributed by atoms with Crippen LogP contribution in [0.2, 0.25) is 0 Å². The van der Waals surface area contributed by atoms with Crippen LogP contribution < -0.4 is 10.6 Å². The van der Waals surface area contributed by atoms with Crippen LogP contribution in [0.1, 0.15) is 65.4 Å². The molecule has 7 nitrogen and oxygen atoms in total. The van der Waals surface area contributed by atoms with Crippen molar-refractivity contribution in [3.05, 3.63) is 35.9 Å². The van der Waals surface area contributed by atoms with Crippen LogP contribution in [0.25, 0.3) is 0 Å². The van der Waals surface area contributed by atoms with E-state index in [9.17, 15) is 19.5 Å². The SMILES string of the molecule is CCCCNC(=O)C1N([C@@H](CO)[C@@H](C)CC)C(=O)[C@@H]2[C@@H](C(=O)NCc3ccccc3)[C@@]3(C)CCC12S3. The Morgan fingerprint density at radius 1 is 1.17 bits per heavy atom. The quantitative estimate of drug-likeness (QED) is 0.394. The van der Waals surface area contributed by atoms with Crippen LogP contribution in [0.3, 0.4) is 0 Å². The number of carbonyl (C=O) groups is 3. The highest BCUT2D eigenvalue weighted by molar-refractivity contribution is 8.02. The summed E-state index contributed by atoms with van der Waals surface area (Å²) < 4.78 is -1.06. The first kappa shape index (κ1) is 27.0. The fraction of sp³-hybridized carbons (Fsp3) is 0.679. The fourth-order valence-electron chi connectivity index (χ4n) is 6.62. The van der Waals surface area contributed by atoms with Gasteiger partial charge < -0.3 is 20.6 Å². The van der Waals surface area contributed by atoms with E-state index in [2.05, 4.69) is 24.5 Å². The molecule has 4 rings (SSSR count). The molecule has 3 fully saturated rings. The van der Waals surface area contributed by atoms with Gasteiger partial charge in [-0.2, -0.15) is 0 Å². The summed E-state index contributed by atoms with van der Waals surface area (Å²) in [5.41, 5.74) is 1.01. The molecule has 8 heteroatoms. The summed E-state index contributed by atoms with van der Waals surface area (Å²) in [5.74, 6) is -1.48. The zero-order chi connectivity index (χ0) is 26.1. The molecule has 3 heterocycles. The number of nitrogens with zero attached hydrogens (tertiary/aromatic N) is 1. The molecular weight excluding hydrogens is 474 g/mol. The number of aliphatic hydroxyl groups is 1. The van der Waals surface area contributed by atoms with E-state index in [-0.39, 0.29) is 30.2 Å². The van der Waals surface area contributed by atoms with Crippen LogP contribution in [0, 0.1) is 17.8 Å². The highest BCUT2D eigenvalue weighted by atomic mass is 32.2. The first-order valence-electron chi connectivity index (χ1n) is 13.5. The van der Waals surface area contributed by atoms with Crippen molar-refractivity contribution in [1.29, 1.82) is 0 Å². The average Bonchev–Trinajstić information content (AvgIpc) is 3.44. The van der Waals surface area contributed by atoms with Crippen molar-refractivity contribution in [3.63, 3.8) is 0 Å². The van der Waals surface area contributed by atoms with Crippen molar-refractivity contribution in [1.82, 2.24) is 15.5 Å². The summed E-state index contributed by atoms with van der Waals surface area (Å²) in [7, 11) is 0. The molecule has 3 saturated heterocycles. The van der Waals surface area contributed by atoms with Crippen LogP contribution in [0.5, 0.6) is 0 Å². The number of fused-ring (bicyclic) bond motifs is 1. The number of rotatable bonds is 11. The Morgan fingerprint density at radius 2 is 1.89 bits per heavy atom. The second-order valence-electron chi connectivity index (χ2n) is 11.0. The number of likely N-dealkylation sites (tertiary alicyclic amines) is 1. The van der Waals surface area contributed by atoms with Gasteiger partial charge in [-0.05, 0) is 37.7 Å². The minimum Gasteiger partial charge on any atom is -0.394 e. The van der Waals surface area contributed by atoms with E-state index in [1.54, 1.807) is 16.7 Å². The van der Waals surface area contributed by atoms with E-state index in [0.29, 0.717) is 19.5 Å². The van der Waals surface area contributed by atoms with Gasteiger partial charge in [-0.3, -0.25) is 14.4 Å². The number of carbonyl (C=O) groups excluding carboxylic acids is 3. The lowest BCUT2D eigenvalue weighted by molar-refractivity contribution is -0.144. The second kappa shape index (κ2) is 10.7. The lowest BCUT2D eigenvalue weighted by atomic mass is 9.66. The van der Waals surface area contributed by atoms with Crippen molar-refractivity contribution < 1.29 is 19.5 Å². The monoisotopic (exact) mass is 515 g/mol. The fourth-order valence-corrected chi connectivity index (χ4v) is 8.96. The zero-order valence-corrected chi connectivity index (χ0v) is 22.8. The van der Waals surface area contributed by atoms with E-state index in [1.165, 1.54) is 0 Å². The van der Waals surface area contributed by atoms with Crippen LogP contribution >= 0.6 is 11.8 Å². The normalized spacial score (nSPS) is 32.3. The van der Waals surface area contributed by atoms with E-state index in [1.807, 2.05) is 44.2 Å². The highest BCUT2D eigenvalue weighted by Crippen LogP contribution is 2.71. The van der Waals surface area contributed by atoms with Gasteiger partial charge in [-0.1, -0.05) is 63.9 Å². The maximum Gasteiger partial charge on any atom is 0.244 e. The predicted octanol–water partition coefficient (Wildman–Crippen LogP) is 3.11. The zero-order valence-electron chi connectivity index (χ0n) is 22.0. The van der Waals surface area contributed by atoms with Crippen molar-refractivity contribution in [2.24, 2.45) is 17.8 Å². The van der Waals surface area contributed by atoms with E-state index >= 15 is 0 Å². The third-order valence-electron chi connectivity index (χ3n) is 8.73. The minimum atomic E-state index is -0.684.